The first-order valence-corrected chi connectivity index (χ1v) is 16.9. The summed E-state index contributed by atoms with van der Waals surface area (Å²) in [5.74, 6) is -1.18. The molecular formula is C6H10I3O3V. The molecule has 0 N–H and O–H groups in total. The third kappa shape index (κ3) is 16.6. The number of rotatable bonds is 3. The van der Waals surface area contributed by atoms with Crippen molar-refractivity contribution in [1.82, 2.24) is 0 Å². The zero-order valence-electron chi connectivity index (χ0n) is 7.22. The molecule has 3 nitrogen and oxygen atoms in total. The predicted molar refractivity (Wildman–Crippen MR) is 74.0 cm³/mol. The number of Topliss-reactive ketones (excluding diaryl/α,β-unsaturated/α-hetero) is 1. The Balaban J connectivity index is 0. The first kappa shape index (κ1) is 17.3. The number of ketones is 1. The van der Waals surface area contributed by atoms with E-state index in [4.69, 9.17) is 0 Å². The van der Waals surface area contributed by atoms with Crippen molar-refractivity contribution in [3.63, 3.8) is 0 Å². The summed E-state index contributed by atoms with van der Waals surface area (Å²) in [6.07, 6.45) is 0.973. The molecule has 0 radical (unpaired) electrons. The van der Waals surface area contributed by atoms with Crippen molar-refractivity contribution in [3.8, 4) is 0 Å². The molecule has 0 saturated carbocycles. The van der Waals surface area contributed by atoms with Crippen LogP contribution in [0.3, 0.4) is 0 Å². The van der Waals surface area contributed by atoms with Gasteiger partial charge in [-0.15, -0.1) is 0 Å². The minimum atomic E-state index is -0.739. The van der Waals surface area contributed by atoms with Gasteiger partial charge in [0, 0.05) is 6.42 Å². The first-order chi connectivity index (χ1) is 5.95. The number of halogens is 3. The summed E-state index contributed by atoms with van der Waals surface area (Å²) < 4.78 is 4.18. The Labute approximate surface area is 116 Å². The number of hydrogen-bond acceptors (Lipinski definition) is 3. The van der Waals surface area contributed by atoms with Gasteiger partial charge in [-0.05, 0) is 6.42 Å². The van der Waals surface area contributed by atoms with Crippen LogP contribution < -0.4 is 0 Å². The van der Waals surface area contributed by atoms with Gasteiger partial charge in [-0.2, -0.15) is 0 Å². The summed E-state index contributed by atoms with van der Waals surface area (Å²) in [7, 11) is 1.20. The second-order valence-electron chi connectivity index (χ2n) is 1.86. The molecule has 0 unspecified atom stereocenters. The van der Waals surface area contributed by atoms with Gasteiger partial charge in [-0.25, -0.2) is 4.79 Å². The van der Waals surface area contributed by atoms with Crippen molar-refractivity contribution in [1.29, 1.82) is 0 Å². The molecule has 0 aliphatic rings. The number of carbonyl (C=O) groups is 2. The molecule has 0 aliphatic carbocycles. The van der Waals surface area contributed by atoms with Crippen molar-refractivity contribution in [3.05, 3.63) is 0 Å². The van der Waals surface area contributed by atoms with Crippen LogP contribution in [-0.4, -0.2) is 18.9 Å². The summed E-state index contributed by atoms with van der Waals surface area (Å²) in [6.45, 7) is 1.83. The zero-order valence-corrected chi connectivity index (χ0v) is 15.1. The van der Waals surface area contributed by atoms with Gasteiger partial charge in [0.15, 0.2) is 0 Å². The van der Waals surface area contributed by atoms with Crippen LogP contribution in [0.2, 0.25) is 0 Å². The average molecular weight is 562 g/mol. The van der Waals surface area contributed by atoms with E-state index in [1.54, 1.807) is 0 Å². The van der Waals surface area contributed by atoms with E-state index < -0.39 is 11.8 Å². The van der Waals surface area contributed by atoms with E-state index in [9.17, 15) is 9.59 Å². The van der Waals surface area contributed by atoms with Gasteiger partial charge in [-0.1, -0.05) is 6.92 Å². The van der Waals surface area contributed by atoms with Gasteiger partial charge in [0.25, 0.3) is 0 Å². The van der Waals surface area contributed by atoms with Crippen LogP contribution in [0.5, 0.6) is 0 Å². The van der Waals surface area contributed by atoms with Gasteiger partial charge >= 0.3 is 70.8 Å². The maximum atomic E-state index is 10.5. The summed E-state index contributed by atoms with van der Waals surface area (Å²) >= 11 is 7.39. The molecule has 0 rings (SSSR count). The van der Waals surface area contributed by atoms with Gasteiger partial charge in [0.2, 0.25) is 5.78 Å². The van der Waals surface area contributed by atoms with Crippen LogP contribution in [-0.2, 0) is 19.2 Å². The number of carbonyl (C=O) groups excluding carboxylic acids is 2. The van der Waals surface area contributed by atoms with Crippen molar-refractivity contribution in [2.75, 3.05) is 7.11 Å². The number of methoxy groups -OCH3 is 1. The average Bonchev–Trinajstić information content (AvgIpc) is 2.02. The van der Waals surface area contributed by atoms with Gasteiger partial charge in [0.05, 0.1) is 7.11 Å². The predicted octanol–water partition coefficient (Wildman–Crippen LogP) is 3.18. The van der Waals surface area contributed by atoms with Crippen LogP contribution in [0.4, 0.5) is 0 Å². The molecule has 0 atom stereocenters. The molecule has 0 heterocycles. The van der Waals surface area contributed by atoms with Crippen LogP contribution in [0.25, 0.3) is 0 Å². The summed E-state index contributed by atoms with van der Waals surface area (Å²) in [5.41, 5.74) is 0. The molecule has 78 valence electrons. The number of esters is 1. The topological polar surface area (TPSA) is 43.4 Å². The monoisotopic (exact) mass is 562 g/mol. The van der Waals surface area contributed by atoms with Crippen molar-refractivity contribution >= 4 is 71.7 Å². The number of ether oxygens (including phenoxy) is 1. The van der Waals surface area contributed by atoms with E-state index in [1.807, 2.05) is 6.92 Å². The molecule has 0 fully saturated rings. The van der Waals surface area contributed by atoms with E-state index in [1.165, 1.54) is 7.11 Å². The normalized spacial score (nSPS) is 8.77. The van der Waals surface area contributed by atoms with E-state index in [2.05, 4.69) is 64.7 Å². The van der Waals surface area contributed by atoms with Crippen LogP contribution in [0.15, 0.2) is 0 Å². The second-order valence-corrected chi connectivity index (χ2v) is 37.2. The zero-order chi connectivity index (χ0) is 10.9. The van der Waals surface area contributed by atoms with E-state index in [0.717, 1.165) is 0 Å². The van der Waals surface area contributed by atoms with Crippen molar-refractivity contribution < 1.29 is 19.2 Å². The van der Waals surface area contributed by atoms with Crippen molar-refractivity contribution in [2.24, 2.45) is 0 Å². The summed E-state index contributed by atoms with van der Waals surface area (Å²) in [5, 5.41) is 0. The van der Waals surface area contributed by atoms with Crippen LogP contribution in [0, 0.1) is 0 Å². The van der Waals surface area contributed by atoms with E-state index >= 15 is 0 Å². The Bertz CT molecular complexity index is 160. The Morgan fingerprint density at radius 2 is 1.69 bits per heavy atom. The molecule has 0 aromatic carbocycles. The fourth-order valence-electron chi connectivity index (χ4n) is 0.443. The molecule has 0 spiro atoms. The minimum absolute atomic E-state index is 0.278. The van der Waals surface area contributed by atoms with E-state index in [-0.39, 0.29) is 11.3 Å². The maximum absolute atomic E-state index is 10.5. The quantitative estimate of drug-likeness (QED) is 0.302. The standard InChI is InChI=1S/C6H10O3.3HI.V/c1-3-4-5(7)6(8)9-2;;;;/h3-4H2,1-2H3;3*1H;/q;;;;+3/p-3. The molecule has 0 aromatic heterocycles. The SMILES string of the molecule is CCCC(=O)C(=O)OC.[I][V]([I])[I]. The Kier molecular flexibility index (Phi) is 16.0. The Morgan fingerprint density at radius 3 is 1.92 bits per heavy atom. The first-order valence-electron chi connectivity index (χ1n) is 3.34. The summed E-state index contributed by atoms with van der Waals surface area (Å²) in [4.78, 5) is 20.6. The third-order valence-corrected chi connectivity index (χ3v) is 0.890. The van der Waals surface area contributed by atoms with Crippen molar-refractivity contribution in [2.45, 2.75) is 19.8 Å². The number of hydrogen-bond donors (Lipinski definition) is 0. The molecule has 7 heteroatoms. The molecule has 0 amide bonds. The van der Waals surface area contributed by atoms with Crippen LogP contribution in [0.1, 0.15) is 19.8 Å². The molecule has 0 aromatic rings. The molecule has 0 bridgehead atoms. The Morgan fingerprint density at radius 1 is 1.31 bits per heavy atom. The molecular weight excluding hydrogens is 552 g/mol. The Hall–Kier alpha value is 1.91. The molecule has 0 aliphatic heterocycles. The van der Waals surface area contributed by atoms with Gasteiger partial charge in [0.1, 0.15) is 0 Å². The van der Waals surface area contributed by atoms with E-state index in [0.29, 0.717) is 6.42 Å². The van der Waals surface area contributed by atoms with Crippen LogP contribution >= 0.6 is 59.9 Å². The fourth-order valence-corrected chi connectivity index (χ4v) is 0.443. The molecule has 13 heavy (non-hydrogen) atoms. The molecule has 0 saturated heterocycles. The van der Waals surface area contributed by atoms with Gasteiger partial charge in [-0.3, -0.25) is 4.79 Å². The third-order valence-electron chi connectivity index (χ3n) is 0.890. The summed E-state index contributed by atoms with van der Waals surface area (Å²) in [6, 6.07) is 0. The van der Waals surface area contributed by atoms with Gasteiger partial charge < -0.3 is 4.74 Å². The second kappa shape index (κ2) is 12.0. The fraction of sp³-hybridized carbons (Fsp3) is 0.667.